The molecule has 0 saturated heterocycles. The second kappa shape index (κ2) is 10.7. The maximum absolute atomic E-state index is 6.19. The minimum Gasteiger partial charge on any atom is -0.490 e. The van der Waals surface area contributed by atoms with Gasteiger partial charge >= 0.3 is 0 Å². The summed E-state index contributed by atoms with van der Waals surface area (Å²) >= 11 is 0. The van der Waals surface area contributed by atoms with Crippen LogP contribution in [0.25, 0.3) is 0 Å². The van der Waals surface area contributed by atoms with Crippen molar-refractivity contribution in [3.63, 3.8) is 0 Å². The average molecular weight is 397 g/mol. The lowest BCUT2D eigenvalue weighted by Gasteiger charge is -2.28. The lowest BCUT2D eigenvalue weighted by atomic mass is 10.0. The minimum absolute atomic E-state index is 0.302. The first-order valence-electron chi connectivity index (χ1n) is 10.4. The molecule has 0 aromatic heterocycles. The van der Waals surface area contributed by atoms with Gasteiger partial charge in [0.15, 0.2) is 17.5 Å². The van der Waals surface area contributed by atoms with Crippen LogP contribution in [-0.2, 0) is 6.42 Å². The number of likely N-dealkylation sites (N-methyl/N-ethyl adjacent to an activating group) is 1. The Hall–Kier alpha value is -2.73. The van der Waals surface area contributed by atoms with Gasteiger partial charge in [-0.25, -0.2) is 0 Å². The number of guanidine groups is 1. The van der Waals surface area contributed by atoms with E-state index in [1.165, 1.54) is 5.56 Å². The molecule has 2 aromatic carbocycles. The lowest BCUT2D eigenvalue weighted by molar-refractivity contribution is 0.220. The van der Waals surface area contributed by atoms with Gasteiger partial charge in [-0.3, -0.25) is 9.89 Å². The van der Waals surface area contributed by atoms with Crippen LogP contribution in [0.15, 0.2) is 53.5 Å². The Kier molecular flexibility index (Phi) is 7.76. The van der Waals surface area contributed by atoms with Crippen LogP contribution in [0, 0.1) is 0 Å². The highest BCUT2D eigenvalue weighted by molar-refractivity contribution is 5.92. The summed E-state index contributed by atoms with van der Waals surface area (Å²) in [4.78, 5) is 7.06. The molecular weight excluding hydrogens is 364 g/mol. The average Bonchev–Trinajstić information content (AvgIpc) is 2.98. The number of ether oxygens (including phenoxy) is 2. The summed E-state index contributed by atoms with van der Waals surface area (Å²) in [6.07, 6.45) is 1.83. The zero-order valence-corrected chi connectivity index (χ0v) is 17.4. The molecule has 3 N–H and O–H groups in total. The Labute approximate surface area is 173 Å². The highest BCUT2D eigenvalue weighted by Crippen LogP contribution is 2.32. The molecular formula is C23H32N4O2. The van der Waals surface area contributed by atoms with E-state index in [4.69, 9.17) is 15.2 Å². The second-order valence-electron chi connectivity index (χ2n) is 7.13. The molecule has 1 aliphatic heterocycles. The molecule has 1 unspecified atom stereocenters. The summed E-state index contributed by atoms with van der Waals surface area (Å²) in [5, 5.41) is 3.18. The summed E-state index contributed by atoms with van der Waals surface area (Å²) in [6, 6.07) is 16.6. The Morgan fingerprint density at radius 2 is 1.79 bits per heavy atom. The van der Waals surface area contributed by atoms with Crippen LogP contribution in [0.5, 0.6) is 11.5 Å². The van der Waals surface area contributed by atoms with Crippen LogP contribution >= 0.6 is 0 Å². The number of nitrogens with zero attached hydrogens (tertiary/aromatic N) is 2. The number of rotatable bonds is 8. The van der Waals surface area contributed by atoms with Crippen LogP contribution in [0.1, 0.15) is 25.8 Å². The maximum Gasteiger partial charge on any atom is 0.193 e. The molecule has 0 radical (unpaired) electrons. The Morgan fingerprint density at radius 1 is 1.07 bits per heavy atom. The van der Waals surface area contributed by atoms with Crippen molar-refractivity contribution in [2.45, 2.75) is 32.7 Å². The van der Waals surface area contributed by atoms with Crippen molar-refractivity contribution in [2.75, 3.05) is 38.2 Å². The fraction of sp³-hybridized carbons (Fsp3) is 0.435. The molecule has 3 rings (SSSR count). The molecule has 2 aromatic rings. The fourth-order valence-corrected chi connectivity index (χ4v) is 3.57. The number of nitrogens with two attached hydrogens (primary N) is 1. The van der Waals surface area contributed by atoms with Crippen molar-refractivity contribution < 1.29 is 9.47 Å². The second-order valence-corrected chi connectivity index (χ2v) is 7.13. The molecule has 6 nitrogen and oxygen atoms in total. The van der Waals surface area contributed by atoms with E-state index in [9.17, 15) is 0 Å². The molecule has 1 aliphatic rings. The third-order valence-corrected chi connectivity index (χ3v) is 5.14. The molecule has 1 atom stereocenters. The van der Waals surface area contributed by atoms with E-state index in [0.29, 0.717) is 31.8 Å². The number of aliphatic imine (C=N–C) groups is 1. The SMILES string of the molecule is CCN(CC)C(CN=C(N)Nc1ccc2c(c1)OCCCO2)Cc1ccccc1. The van der Waals surface area contributed by atoms with Crippen molar-refractivity contribution in [3.8, 4) is 11.5 Å². The zero-order valence-electron chi connectivity index (χ0n) is 17.4. The minimum atomic E-state index is 0.302. The standard InChI is InChI=1S/C23H32N4O2/c1-3-27(4-2)20(15-18-9-6-5-7-10-18)17-25-23(24)26-19-11-12-21-22(16-19)29-14-8-13-28-21/h5-7,9-12,16,20H,3-4,8,13-15,17H2,1-2H3,(H3,24,25,26). The summed E-state index contributed by atoms with van der Waals surface area (Å²) in [5.41, 5.74) is 8.34. The van der Waals surface area contributed by atoms with Gasteiger partial charge in [-0.2, -0.15) is 0 Å². The van der Waals surface area contributed by atoms with Crippen LogP contribution in [-0.4, -0.2) is 49.7 Å². The van der Waals surface area contributed by atoms with Gasteiger partial charge in [-0.1, -0.05) is 44.2 Å². The number of anilines is 1. The summed E-state index contributed by atoms with van der Waals surface area (Å²) in [5.74, 6) is 1.92. The first-order chi connectivity index (χ1) is 14.2. The van der Waals surface area contributed by atoms with Gasteiger partial charge < -0.3 is 20.5 Å². The largest absolute Gasteiger partial charge is 0.490 e. The predicted molar refractivity (Wildman–Crippen MR) is 119 cm³/mol. The van der Waals surface area contributed by atoms with Crippen molar-refractivity contribution >= 4 is 11.6 Å². The molecule has 0 amide bonds. The van der Waals surface area contributed by atoms with Crippen molar-refractivity contribution in [1.82, 2.24) is 4.90 Å². The summed E-state index contributed by atoms with van der Waals surface area (Å²) in [7, 11) is 0. The van der Waals surface area contributed by atoms with Gasteiger partial charge in [0.05, 0.1) is 19.8 Å². The molecule has 0 fully saturated rings. The van der Waals surface area contributed by atoms with Crippen LogP contribution in [0.2, 0.25) is 0 Å². The quantitative estimate of drug-likeness (QED) is 0.528. The maximum atomic E-state index is 6.19. The van der Waals surface area contributed by atoms with E-state index in [-0.39, 0.29) is 0 Å². The molecule has 0 bridgehead atoms. The van der Waals surface area contributed by atoms with Gasteiger partial charge in [0.25, 0.3) is 0 Å². The van der Waals surface area contributed by atoms with E-state index < -0.39 is 0 Å². The Balaban J connectivity index is 1.66. The van der Waals surface area contributed by atoms with Crippen molar-refractivity contribution in [1.29, 1.82) is 0 Å². The van der Waals surface area contributed by atoms with E-state index in [0.717, 1.165) is 43.1 Å². The third kappa shape index (κ3) is 6.12. The Morgan fingerprint density at radius 3 is 2.52 bits per heavy atom. The molecule has 6 heteroatoms. The van der Waals surface area contributed by atoms with Gasteiger partial charge in [0.2, 0.25) is 0 Å². The van der Waals surface area contributed by atoms with E-state index in [1.54, 1.807) is 0 Å². The van der Waals surface area contributed by atoms with E-state index >= 15 is 0 Å². The first kappa shape index (κ1) is 21.0. The summed E-state index contributed by atoms with van der Waals surface area (Å²) in [6.45, 7) is 8.32. The summed E-state index contributed by atoms with van der Waals surface area (Å²) < 4.78 is 11.4. The predicted octanol–water partition coefficient (Wildman–Crippen LogP) is 3.53. The van der Waals surface area contributed by atoms with Gasteiger partial charge in [0.1, 0.15) is 0 Å². The number of nitrogens with one attached hydrogen (secondary N) is 1. The van der Waals surface area contributed by atoms with Gasteiger partial charge in [-0.05, 0) is 37.2 Å². The molecule has 1 heterocycles. The van der Waals surface area contributed by atoms with E-state index in [1.807, 2.05) is 24.3 Å². The fourth-order valence-electron chi connectivity index (χ4n) is 3.57. The topological polar surface area (TPSA) is 72.1 Å². The van der Waals surface area contributed by atoms with Crippen LogP contribution < -0.4 is 20.5 Å². The van der Waals surface area contributed by atoms with Crippen molar-refractivity contribution in [3.05, 3.63) is 54.1 Å². The number of hydrogen-bond donors (Lipinski definition) is 2. The monoisotopic (exact) mass is 396 g/mol. The van der Waals surface area contributed by atoms with Gasteiger partial charge in [-0.15, -0.1) is 0 Å². The molecule has 0 spiro atoms. The molecule has 29 heavy (non-hydrogen) atoms. The Bertz CT molecular complexity index is 791. The van der Waals surface area contributed by atoms with E-state index in [2.05, 4.69) is 53.3 Å². The molecule has 0 saturated carbocycles. The lowest BCUT2D eigenvalue weighted by Crippen LogP contribution is -2.39. The highest BCUT2D eigenvalue weighted by atomic mass is 16.5. The van der Waals surface area contributed by atoms with Crippen LogP contribution in [0.3, 0.4) is 0 Å². The zero-order chi connectivity index (χ0) is 20.5. The highest BCUT2D eigenvalue weighted by Gasteiger charge is 2.16. The first-order valence-corrected chi connectivity index (χ1v) is 10.4. The normalized spacial score (nSPS) is 15.1. The third-order valence-electron chi connectivity index (χ3n) is 5.14. The van der Waals surface area contributed by atoms with Crippen molar-refractivity contribution in [2.24, 2.45) is 10.7 Å². The number of fused-ring (bicyclic) bond motifs is 1. The number of hydrogen-bond acceptors (Lipinski definition) is 4. The van der Waals surface area contributed by atoms with Crippen LogP contribution in [0.4, 0.5) is 5.69 Å². The molecule has 156 valence electrons. The van der Waals surface area contributed by atoms with Gasteiger partial charge in [0, 0.05) is 24.2 Å². The smallest absolute Gasteiger partial charge is 0.193 e. The molecule has 0 aliphatic carbocycles. The number of benzene rings is 2.